The zero-order valence-corrected chi connectivity index (χ0v) is 7.01. The molecule has 1 aliphatic heterocycles. The fraction of sp³-hybridized carbons (Fsp3) is 0.600. The average Bonchev–Trinajstić information content (AvgIpc) is 2.66. The summed E-state index contributed by atoms with van der Waals surface area (Å²) in [5.41, 5.74) is 1.54. The Bertz CT molecular complexity index is 205. The second-order valence-corrected chi connectivity index (χ2v) is 3.70. The van der Waals surface area contributed by atoms with Crippen LogP contribution in [0.5, 0.6) is 0 Å². The van der Waals surface area contributed by atoms with E-state index in [4.69, 9.17) is 0 Å². The lowest BCUT2D eigenvalue weighted by Crippen LogP contribution is -2.13. The van der Waals surface area contributed by atoms with Crippen molar-refractivity contribution in [3.05, 3.63) is 24.3 Å². The van der Waals surface area contributed by atoms with Crippen molar-refractivity contribution in [2.45, 2.75) is 31.8 Å². The summed E-state index contributed by atoms with van der Waals surface area (Å²) in [5.74, 6) is 0.728. The lowest BCUT2D eigenvalue weighted by atomic mass is 9.89. The Balaban J connectivity index is 2.06. The lowest BCUT2D eigenvalue weighted by molar-refractivity contribution is 0.599. The number of allylic oxidation sites excluding steroid dienone is 1. The summed E-state index contributed by atoms with van der Waals surface area (Å²) < 4.78 is 0. The zero-order valence-electron chi connectivity index (χ0n) is 7.01. The predicted octanol–water partition coefficient (Wildman–Crippen LogP) is 1.87. The van der Waals surface area contributed by atoms with Crippen molar-refractivity contribution in [1.29, 1.82) is 0 Å². The Morgan fingerprint density at radius 1 is 1.82 bits per heavy atom. The summed E-state index contributed by atoms with van der Waals surface area (Å²) in [7, 11) is 0. The van der Waals surface area contributed by atoms with Crippen LogP contribution in [0.2, 0.25) is 0 Å². The number of hydrogen-bond acceptors (Lipinski definition) is 1. The molecular weight excluding hydrogens is 134 g/mol. The molecule has 1 saturated heterocycles. The van der Waals surface area contributed by atoms with Gasteiger partial charge in [-0.05, 0) is 25.7 Å². The maximum absolute atomic E-state index is 3.78. The molecule has 0 aromatic rings. The molecule has 0 radical (unpaired) electrons. The summed E-state index contributed by atoms with van der Waals surface area (Å²) >= 11 is 0. The molecular formula is C10H15N. The van der Waals surface area contributed by atoms with E-state index in [1.165, 1.54) is 6.42 Å². The van der Waals surface area contributed by atoms with Gasteiger partial charge in [-0.1, -0.05) is 17.7 Å². The van der Waals surface area contributed by atoms with Gasteiger partial charge >= 0.3 is 0 Å². The second kappa shape index (κ2) is 2.49. The lowest BCUT2D eigenvalue weighted by Gasteiger charge is -2.14. The van der Waals surface area contributed by atoms with Gasteiger partial charge in [0, 0.05) is 12.1 Å². The van der Waals surface area contributed by atoms with Crippen LogP contribution in [0, 0.1) is 5.92 Å². The van der Waals surface area contributed by atoms with E-state index < -0.39 is 0 Å². The predicted molar refractivity (Wildman–Crippen MR) is 47.4 cm³/mol. The van der Waals surface area contributed by atoms with Crippen molar-refractivity contribution in [1.82, 2.24) is 5.32 Å². The van der Waals surface area contributed by atoms with Crippen LogP contribution < -0.4 is 5.32 Å². The third-order valence-corrected chi connectivity index (χ3v) is 2.67. The van der Waals surface area contributed by atoms with Gasteiger partial charge in [-0.3, -0.25) is 0 Å². The maximum Gasteiger partial charge on any atom is 0.0293 e. The highest BCUT2D eigenvalue weighted by Crippen LogP contribution is 2.34. The Morgan fingerprint density at radius 3 is 3.36 bits per heavy atom. The van der Waals surface area contributed by atoms with E-state index in [9.17, 15) is 0 Å². The fourth-order valence-corrected chi connectivity index (χ4v) is 2.09. The first-order valence-corrected chi connectivity index (χ1v) is 4.35. The topological polar surface area (TPSA) is 21.9 Å². The smallest absolute Gasteiger partial charge is 0.0293 e. The van der Waals surface area contributed by atoms with Crippen LogP contribution in [-0.2, 0) is 0 Å². The standard InChI is InChI=1S/C10H15N/c1-3-4-8-5-7(2)6-9-10(8)11-9/h3,5,8-11H,1,4,6H2,2H3/t8-,9-,10+/m0/s1. The molecule has 1 aliphatic carbocycles. The fourth-order valence-electron chi connectivity index (χ4n) is 2.09. The van der Waals surface area contributed by atoms with Gasteiger partial charge in [-0.25, -0.2) is 0 Å². The number of hydrogen-bond donors (Lipinski definition) is 1. The molecule has 0 amide bonds. The van der Waals surface area contributed by atoms with Crippen LogP contribution in [0.25, 0.3) is 0 Å². The van der Waals surface area contributed by atoms with Crippen LogP contribution in [0.4, 0.5) is 0 Å². The zero-order chi connectivity index (χ0) is 7.84. The molecule has 1 nitrogen and oxygen atoms in total. The average molecular weight is 149 g/mol. The monoisotopic (exact) mass is 149 g/mol. The first kappa shape index (κ1) is 7.11. The van der Waals surface area contributed by atoms with Crippen LogP contribution in [0.1, 0.15) is 19.8 Å². The van der Waals surface area contributed by atoms with Crippen molar-refractivity contribution in [3.8, 4) is 0 Å². The van der Waals surface area contributed by atoms with Gasteiger partial charge in [0.15, 0.2) is 0 Å². The molecule has 0 bridgehead atoms. The summed E-state index contributed by atoms with van der Waals surface area (Å²) in [6.45, 7) is 6.00. The third kappa shape index (κ3) is 1.25. The third-order valence-electron chi connectivity index (χ3n) is 2.67. The molecule has 1 heterocycles. The Morgan fingerprint density at radius 2 is 2.64 bits per heavy atom. The maximum atomic E-state index is 3.78. The van der Waals surface area contributed by atoms with E-state index in [-0.39, 0.29) is 0 Å². The minimum absolute atomic E-state index is 0.728. The molecule has 2 rings (SSSR count). The minimum atomic E-state index is 0.728. The molecule has 3 atom stereocenters. The molecule has 60 valence electrons. The van der Waals surface area contributed by atoms with Crippen LogP contribution >= 0.6 is 0 Å². The largest absolute Gasteiger partial charge is 0.307 e. The number of nitrogens with one attached hydrogen (secondary N) is 1. The molecule has 1 N–H and O–H groups in total. The van der Waals surface area contributed by atoms with Crippen molar-refractivity contribution < 1.29 is 0 Å². The molecule has 0 aromatic carbocycles. The van der Waals surface area contributed by atoms with E-state index in [2.05, 4.69) is 24.9 Å². The van der Waals surface area contributed by atoms with Crippen molar-refractivity contribution in [2.75, 3.05) is 0 Å². The minimum Gasteiger partial charge on any atom is -0.307 e. The molecule has 1 heteroatoms. The first-order valence-electron chi connectivity index (χ1n) is 4.35. The quantitative estimate of drug-likeness (QED) is 0.470. The SMILES string of the molecule is C=CC[C@H]1C=C(C)C[C@@H]2N[C@H]12. The van der Waals surface area contributed by atoms with Gasteiger partial charge in [0.2, 0.25) is 0 Å². The second-order valence-electron chi connectivity index (χ2n) is 3.70. The van der Waals surface area contributed by atoms with Crippen molar-refractivity contribution >= 4 is 0 Å². The Labute approximate surface area is 68.2 Å². The summed E-state index contributed by atoms with van der Waals surface area (Å²) in [6.07, 6.45) is 6.82. The van der Waals surface area contributed by atoms with Crippen LogP contribution in [0.15, 0.2) is 24.3 Å². The van der Waals surface area contributed by atoms with Gasteiger partial charge in [0.25, 0.3) is 0 Å². The summed E-state index contributed by atoms with van der Waals surface area (Å²) in [5, 5.41) is 3.50. The van der Waals surface area contributed by atoms with Crippen molar-refractivity contribution in [2.24, 2.45) is 5.92 Å². The highest BCUT2D eigenvalue weighted by atomic mass is 15.2. The normalized spacial score (nSPS) is 40.8. The van der Waals surface area contributed by atoms with E-state index in [1.807, 2.05) is 6.08 Å². The molecule has 1 fully saturated rings. The molecule has 0 aromatic heterocycles. The summed E-state index contributed by atoms with van der Waals surface area (Å²) in [6, 6.07) is 1.57. The highest BCUT2D eigenvalue weighted by molar-refractivity contribution is 5.22. The van der Waals surface area contributed by atoms with Crippen molar-refractivity contribution in [3.63, 3.8) is 0 Å². The van der Waals surface area contributed by atoms with Gasteiger partial charge in [0.1, 0.15) is 0 Å². The van der Waals surface area contributed by atoms with E-state index in [1.54, 1.807) is 5.57 Å². The Hall–Kier alpha value is -0.560. The number of fused-ring (bicyclic) bond motifs is 1. The van der Waals surface area contributed by atoms with E-state index in [0.29, 0.717) is 0 Å². The number of rotatable bonds is 2. The molecule has 0 saturated carbocycles. The molecule has 2 aliphatic rings. The highest BCUT2D eigenvalue weighted by Gasteiger charge is 2.42. The van der Waals surface area contributed by atoms with Gasteiger partial charge < -0.3 is 5.32 Å². The molecule has 0 spiro atoms. The van der Waals surface area contributed by atoms with Crippen LogP contribution in [0.3, 0.4) is 0 Å². The van der Waals surface area contributed by atoms with E-state index in [0.717, 1.165) is 24.4 Å². The molecule has 0 unspecified atom stereocenters. The summed E-state index contributed by atoms with van der Waals surface area (Å²) in [4.78, 5) is 0. The van der Waals surface area contributed by atoms with Crippen LogP contribution in [-0.4, -0.2) is 12.1 Å². The Kier molecular flexibility index (Phi) is 1.61. The van der Waals surface area contributed by atoms with E-state index >= 15 is 0 Å². The first-order chi connectivity index (χ1) is 5.31. The van der Waals surface area contributed by atoms with Gasteiger partial charge in [-0.15, -0.1) is 6.58 Å². The van der Waals surface area contributed by atoms with Gasteiger partial charge in [-0.2, -0.15) is 0 Å². The van der Waals surface area contributed by atoms with Gasteiger partial charge in [0.05, 0.1) is 0 Å². The molecule has 11 heavy (non-hydrogen) atoms.